The Morgan fingerprint density at radius 1 is 0.931 bits per heavy atom. The van der Waals surface area contributed by atoms with Crippen molar-refractivity contribution < 1.29 is 4.79 Å². The van der Waals surface area contributed by atoms with Crippen LogP contribution in [-0.2, 0) is 11.2 Å². The average molecular weight is 397 g/mol. The highest BCUT2D eigenvalue weighted by Gasteiger charge is 2.38. The van der Waals surface area contributed by atoms with Crippen molar-refractivity contribution >= 4 is 11.6 Å². The average Bonchev–Trinajstić information content (AvgIpc) is 3.16. The first-order valence-electron chi connectivity index (χ1n) is 11.8. The molecule has 0 aromatic heterocycles. The fourth-order valence-corrected chi connectivity index (χ4v) is 6.12. The van der Waals surface area contributed by atoms with Gasteiger partial charge in [0.05, 0.1) is 12.1 Å². The summed E-state index contributed by atoms with van der Waals surface area (Å²) in [4.78, 5) is 23.1. The summed E-state index contributed by atoms with van der Waals surface area (Å²) in [6.07, 6.45) is 8.05. The van der Waals surface area contributed by atoms with Gasteiger partial charge >= 0.3 is 0 Å². The minimum absolute atomic E-state index is 0.0128. The maximum atomic E-state index is 13.3. The van der Waals surface area contributed by atoms with Crippen molar-refractivity contribution in [3.8, 4) is 0 Å². The number of benzene rings is 1. The van der Waals surface area contributed by atoms with Gasteiger partial charge in [-0.15, -0.1) is 0 Å². The van der Waals surface area contributed by atoms with Gasteiger partial charge in [-0.25, -0.2) is 0 Å². The molecule has 2 unspecified atom stereocenters. The number of hydrogen-bond donors (Lipinski definition) is 0. The Morgan fingerprint density at radius 3 is 2.48 bits per heavy atom. The van der Waals surface area contributed by atoms with Crippen LogP contribution in [0.3, 0.4) is 0 Å². The Hall–Kier alpha value is -1.59. The Bertz CT molecular complexity index is 723. The topological polar surface area (TPSA) is 30.0 Å². The normalized spacial score (nSPS) is 27.6. The number of para-hydroxylation sites is 1. The lowest BCUT2D eigenvalue weighted by atomic mass is 9.93. The van der Waals surface area contributed by atoms with Crippen molar-refractivity contribution in [2.75, 3.05) is 50.7 Å². The van der Waals surface area contributed by atoms with Gasteiger partial charge in [0.2, 0.25) is 5.91 Å². The smallest absolute Gasteiger partial charge is 0.239 e. The Morgan fingerprint density at radius 2 is 1.69 bits per heavy atom. The first-order chi connectivity index (χ1) is 14.2. The zero-order valence-corrected chi connectivity index (χ0v) is 17.9. The third-order valence-electron chi connectivity index (χ3n) is 7.90. The number of nitrogens with zero attached hydrogens (tertiary/aromatic N) is 4. The summed E-state index contributed by atoms with van der Waals surface area (Å²) in [5.41, 5.74) is 2.83. The molecule has 3 fully saturated rings. The monoisotopic (exact) mass is 396 g/mol. The molecule has 3 heterocycles. The van der Waals surface area contributed by atoms with Crippen molar-refractivity contribution in [2.24, 2.45) is 0 Å². The molecule has 1 amide bonds. The summed E-state index contributed by atoms with van der Waals surface area (Å²) in [7, 11) is 0. The predicted molar refractivity (Wildman–Crippen MR) is 117 cm³/mol. The molecular formula is C24H36N4O. The van der Waals surface area contributed by atoms with E-state index < -0.39 is 0 Å². The molecule has 5 rings (SSSR count). The first-order valence-corrected chi connectivity index (χ1v) is 11.8. The highest BCUT2D eigenvalue weighted by Crippen LogP contribution is 2.34. The Balaban J connectivity index is 1.15. The molecular weight excluding hydrogens is 360 g/mol. The van der Waals surface area contributed by atoms with E-state index in [1.807, 2.05) is 0 Å². The molecule has 0 radical (unpaired) electrons. The Labute approximate surface area is 175 Å². The second-order valence-electron chi connectivity index (χ2n) is 9.50. The minimum Gasteiger partial charge on any atom is -0.364 e. The van der Waals surface area contributed by atoms with Gasteiger partial charge in [-0.3, -0.25) is 14.6 Å². The molecule has 0 bridgehead atoms. The maximum Gasteiger partial charge on any atom is 0.239 e. The largest absolute Gasteiger partial charge is 0.364 e. The van der Waals surface area contributed by atoms with Crippen LogP contribution in [-0.4, -0.2) is 84.5 Å². The van der Waals surface area contributed by atoms with Gasteiger partial charge in [-0.2, -0.15) is 0 Å². The van der Waals surface area contributed by atoms with Gasteiger partial charge in [0, 0.05) is 57.5 Å². The van der Waals surface area contributed by atoms with E-state index in [0.29, 0.717) is 11.9 Å². The lowest BCUT2D eigenvalue weighted by Crippen LogP contribution is -2.60. The highest BCUT2D eigenvalue weighted by molar-refractivity contribution is 5.82. The molecule has 2 saturated heterocycles. The summed E-state index contributed by atoms with van der Waals surface area (Å²) >= 11 is 0. The molecule has 5 heteroatoms. The van der Waals surface area contributed by atoms with Gasteiger partial charge in [0.25, 0.3) is 0 Å². The van der Waals surface area contributed by atoms with Gasteiger partial charge in [0.15, 0.2) is 0 Å². The van der Waals surface area contributed by atoms with E-state index >= 15 is 0 Å². The van der Waals surface area contributed by atoms with Crippen molar-refractivity contribution in [1.29, 1.82) is 0 Å². The fourth-order valence-electron chi connectivity index (χ4n) is 6.12. The minimum atomic E-state index is 0.0128. The molecule has 0 spiro atoms. The lowest BCUT2D eigenvalue weighted by Gasteiger charge is -2.44. The van der Waals surface area contributed by atoms with E-state index in [0.717, 1.165) is 58.3 Å². The summed E-state index contributed by atoms with van der Waals surface area (Å²) in [6.45, 7) is 9.18. The molecule has 3 aliphatic heterocycles. The number of rotatable bonds is 3. The van der Waals surface area contributed by atoms with Crippen LogP contribution in [0.25, 0.3) is 0 Å². The predicted octanol–water partition coefficient (Wildman–Crippen LogP) is 2.60. The SMILES string of the molecule is CC(C(=O)N1CCN2c3ccccc3CC2C1)N1CCN(C2CCCCC2)CC1. The molecule has 29 heavy (non-hydrogen) atoms. The van der Waals surface area contributed by atoms with Gasteiger partial charge in [-0.05, 0) is 37.8 Å². The molecule has 2 atom stereocenters. The number of carbonyl (C=O) groups is 1. The van der Waals surface area contributed by atoms with E-state index in [2.05, 4.69) is 50.8 Å². The van der Waals surface area contributed by atoms with E-state index in [1.165, 1.54) is 43.4 Å². The zero-order chi connectivity index (χ0) is 19.8. The molecule has 5 nitrogen and oxygen atoms in total. The number of hydrogen-bond acceptors (Lipinski definition) is 4. The number of piperazine rings is 2. The summed E-state index contributed by atoms with van der Waals surface area (Å²) in [5.74, 6) is 0.340. The summed E-state index contributed by atoms with van der Waals surface area (Å²) in [6, 6.07) is 10.0. The molecule has 0 N–H and O–H groups in total. The molecule has 1 saturated carbocycles. The third kappa shape index (κ3) is 3.79. The van der Waals surface area contributed by atoms with Crippen molar-refractivity contribution in [3.05, 3.63) is 29.8 Å². The van der Waals surface area contributed by atoms with Crippen molar-refractivity contribution in [2.45, 2.75) is 63.6 Å². The number of anilines is 1. The third-order valence-corrected chi connectivity index (χ3v) is 7.90. The van der Waals surface area contributed by atoms with E-state index in [1.54, 1.807) is 0 Å². The van der Waals surface area contributed by atoms with E-state index in [-0.39, 0.29) is 6.04 Å². The van der Waals surface area contributed by atoms with Crippen LogP contribution in [0.5, 0.6) is 0 Å². The first kappa shape index (κ1) is 19.4. The quantitative estimate of drug-likeness (QED) is 0.786. The van der Waals surface area contributed by atoms with Crippen LogP contribution in [0, 0.1) is 0 Å². The van der Waals surface area contributed by atoms with Crippen molar-refractivity contribution in [3.63, 3.8) is 0 Å². The molecule has 1 aromatic rings. The van der Waals surface area contributed by atoms with Gasteiger partial charge < -0.3 is 9.80 Å². The van der Waals surface area contributed by atoms with Crippen molar-refractivity contribution in [1.82, 2.24) is 14.7 Å². The van der Waals surface area contributed by atoms with E-state index in [4.69, 9.17) is 0 Å². The Kier molecular flexibility index (Phi) is 5.53. The molecule has 1 aromatic carbocycles. The fraction of sp³-hybridized carbons (Fsp3) is 0.708. The number of amides is 1. The summed E-state index contributed by atoms with van der Waals surface area (Å²) in [5, 5.41) is 0. The van der Waals surface area contributed by atoms with Crippen LogP contribution < -0.4 is 4.90 Å². The molecule has 4 aliphatic rings. The second kappa shape index (κ2) is 8.27. The lowest BCUT2D eigenvalue weighted by molar-refractivity contribution is -0.138. The maximum absolute atomic E-state index is 13.3. The van der Waals surface area contributed by atoms with Crippen LogP contribution in [0.1, 0.15) is 44.6 Å². The molecule has 1 aliphatic carbocycles. The summed E-state index contributed by atoms with van der Waals surface area (Å²) < 4.78 is 0. The van der Waals surface area contributed by atoms with Crippen LogP contribution in [0.2, 0.25) is 0 Å². The van der Waals surface area contributed by atoms with Crippen LogP contribution >= 0.6 is 0 Å². The van der Waals surface area contributed by atoms with Gasteiger partial charge in [0.1, 0.15) is 0 Å². The second-order valence-corrected chi connectivity index (χ2v) is 9.50. The van der Waals surface area contributed by atoms with E-state index in [9.17, 15) is 4.79 Å². The van der Waals surface area contributed by atoms with Crippen LogP contribution in [0.15, 0.2) is 24.3 Å². The number of fused-ring (bicyclic) bond motifs is 3. The van der Waals surface area contributed by atoms with Crippen LogP contribution in [0.4, 0.5) is 5.69 Å². The number of carbonyl (C=O) groups excluding carboxylic acids is 1. The van der Waals surface area contributed by atoms with Gasteiger partial charge in [-0.1, -0.05) is 37.5 Å². The molecule has 158 valence electrons. The zero-order valence-electron chi connectivity index (χ0n) is 17.9. The standard InChI is InChI=1S/C24H36N4O/c1-19(25-11-13-26(14-12-25)21-8-3-2-4-9-21)24(29)27-15-16-28-22(18-27)17-20-7-5-6-10-23(20)28/h5-7,10,19,21-22H,2-4,8-9,11-18H2,1H3. The highest BCUT2D eigenvalue weighted by atomic mass is 16.2.